The molecule has 1 saturated heterocycles. The molecular formula is C18H34N2O3. The monoisotopic (exact) mass is 326 g/mol. The van der Waals surface area contributed by atoms with Crippen LogP contribution in [0.4, 0.5) is 0 Å². The number of piperidine rings is 1. The first-order valence-corrected chi connectivity index (χ1v) is 9.09. The molecule has 0 bridgehead atoms. The van der Waals surface area contributed by atoms with Gasteiger partial charge in [0.15, 0.2) is 0 Å². The van der Waals surface area contributed by atoms with E-state index in [0.29, 0.717) is 24.6 Å². The van der Waals surface area contributed by atoms with Gasteiger partial charge in [-0.15, -0.1) is 0 Å². The smallest absolute Gasteiger partial charge is 0.223 e. The van der Waals surface area contributed by atoms with Gasteiger partial charge in [-0.2, -0.15) is 0 Å². The van der Waals surface area contributed by atoms with E-state index in [2.05, 4.69) is 24.1 Å². The van der Waals surface area contributed by atoms with Gasteiger partial charge in [-0.05, 0) is 43.9 Å². The van der Waals surface area contributed by atoms with Crippen molar-refractivity contribution in [3.05, 3.63) is 0 Å². The van der Waals surface area contributed by atoms with Gasteiger partial charge in [-0.3, -0.25) is 4.79 Å². The number of hydrogen-bond acceptors (Lipinski definition) is 4. The molecule has 2 fully saturated rings. The summed E-state index contributed by atoms with van der Waals surface area (Å²) in [5, 5.41) is 13.1. The van der Waals surface area contributed by atoms with Crippen molar-refractivity contribution in [1.82, 2.24) is 10.2 Å². The standard InChI is InChI=1S/C18H34N2O3/c1-18(2)8-4-14(5-9-18)17(22)19-15-6-10-20(11-7-15)12-16(21)13-23-3/h14-16,21H,4-13H2,1-3H3,(H,19,22). The number of carbonyl (C=O) groups is 1. The number of rotatable bonds is 6. The summed E-state index contributed by atoms with van der Waals surface area (Å²) < 4.78 is 4.97. The Labute approximate surface area is 140 Å². The average Bonchev–Trinajstić information content (AvgIpc) is 2.49. The highest BCUT2D eigenvalue weighted by molar-refractivity contribution is 5.79. The molecule has 5 heteroatoms. The van der Waals surface area contributed by atoms with Crippen molar-refractivity contribution in [3.8, 4) is 0 Å². The molecule has 0 aromatic carbocycles. The van der Waals surface area contributed by atoms with Crippen LogP contribution in [0.5, 0.6) is 0 Å². The van der Waals surface area contributed by atoms with Gasteiger partial charge in [0.2, 0.25) is 5.91 Å². The molecule has 2 aliphatic rings. The SMILES string of the molecule is COCC(O)CN1CCC(NC(=O)C2CCC(C)(C)CC2)CC1. The highest BCUT2D eigenvalue weighted by Crippen LogP contribution is 2.38. The number of aliphatic hydroxyl groups is 1. The quantitative estimate of drug-likeness (QED) is 0.781. The zero-order valence-corrected chi connectivity index (χ0v) is 15.0. The molecule has 1 aliphatic carbocycles. The van der Waals surface area contributed by atoms with E-state index in [4.69, 9.17) is 4.74 Å². The van der Waals surface area contributed by atoms with Gasteiger partial charge < -0.3 is 20.1 Å². The Hall–Kier alpha value is -0.650. The van der Waals surface area contributed by atoms with Crippen molar-refractivity contribution in [3.63, 3.8) is 0 Å². The Morgan fingerprint density at radius 2 is 1.87 bits per heavy atom. The Kier molecular flexibility index (Phi) is 6.86. The maximum atomic E-state index is 12.4. The fourth-order valence-electron chi connectivity index (χ4n) is 3.78. The van der Waals surface area contributed by atoms with Gasteiger partial charge in [0.25, 0.3) is 0 Å². The lowest BCUT2D eigenvalue weighted by atomic mass is 9.73. The summed E-state index contributed by atoms with van der Waals surface area (Å²) in [5.74, 6) is 0.475. The summed E-state index contributed by atoms with van der Waals surface area (Å²) in [6.07, 6.45) is 5.90. The largest absolute Gasteiger partial charge is 0.389 e. The van der Waals surface area contributed by atoms with Gasteiger partial charge in [0, 0.05) is 38.7 Å². The summed E-state index contributed by atoms with van der Waals surface area (Å²) in [6.45, 7) is 7.51. The second-order valence-electron chi connectivity index (χ2n) is 8.13. The van der Waals surface area contributed by atoms with E-state index in [1.165, 1.54) is 0 Å². The van der Waals surface area contributed by atoms with Crippen LogP contribution in [0.25, 0.3) is 0 Å². The summed E-state index contributed by atoms with van der Waals surface area (Å²) in [5.41, 5.74) is 0.408. The number of nitrogens with zero attached hydrogens (tertiary/aromatic N) is 1. The first-order valence-electron chi connectivity index (χ1n) is 9.09. The summed E-state index contributed by atoms with van der Waals surface area (Å²) in [6, 6.07) is 0.299. The highest BCUT2D eigenvalue weighted by Gasteiger charge is 2.32. The number of nitrogens with one attached hydrogen (secondary N) is 1. The van der Waals surface area contributed by atoms with E-state index >= 15 is 0 Å². The fourth-order valence-corrected chi connectivity index (χ4v) is 3.78. The van der Waals surface area contributed by atoms with Gasteiger partial charge >= 0.3 is 0 Å². The van der Waals surface area contributed by atoms with E-state index in [9.17, 15) is 9.90 Å². The van der Waals surface area contributed by atoms with Crippen LogP contribution in [0.15, 0.2) is 0 Å². The van der Waals surface area contributed by atoms with Crippen LogP contribution in [-0.4, -0.2) is 61.4 Å². The van der Waals surface area contributed by atoms with E-state index in [1.54, 1.807) is 7.11 Å². The Morgan fingerprint density at radius 1 is 1.26 bits per heavy atom. The fraction of sp³-hybridized carbons (Fsp3) is 0.944. The first-order chi connectivity index (χ1) is 10.9. The predicted octanol–water partition coefficient (Wildman–Crippen LogP) is 1.79. The summed E-state index contributed by atoms with van der Waals surface area (Å²) in [4.78, 5) is 14.7. The molecule has 2 N–H and O–H groups in total. The predicted molar refractivity (Wildman–Crippen MR) is 91.2 cm³/mol. The number of methoxy groups -OCH3 is 1. The normalized spacial score (nSPS) is 25.2. The molecule has 0 aromatic rings. The second-order valence-corrected chi connectivity index (χ2v) is 8.13. The van der Waals surface area contributed by atoms with Crippen molar-refractivity contribution < 1.29 is 14.6 Å². The third kappa shape index (κ3) is 6.05. The maximum absolute atomic E-state index is 12.4. The Balaban J connectivity index is 1.67. The van der Waals surface area contributed by atoms with E-state index in [1.807, 2.05) is 0 Å². The molecule has 1 saturated carbocycles. The van der Waals surface area contributed by atoms with Crippen molar-refractivity contribution in [2.75, 3.05) is 33.4 Å². The molecule has 1 unspecified atom stereocenters. The minimum absolute atomic E-state index is 0.213. The number of β-amino-alcohol motifs (C(OH)–C–C–N with tert-alkyl or cyclic N) is 1. The molecule has 0 aromatic heterocycles. The van der Waals surface area contributed by atoms with Crippen LogP contribution in [0.1, 0.15) is 52.4 Å². The van der Waals surface area contributed by atoms with Crippen LogP contribution in [-0.2, 0) is 9.53 Å². The molecule has 0 radical (unpaired) electrons. The van der Waals surface area contributed by atoms with Crippen LogP contribution < -0.4 is 5.32 Å². The molecule has 1 heterocycles. The van der Waals surface area contributed by atoms with Gasteiger partial charge in [-0.1, -0.05) is 13.8 Å². The lowest BCUT2D eigenvalue weighted by Gasteiger charge is -2.36. The van der Waals surface area contributed by atoms with E-state index in [0.717, 1.165) is 51.6 Å². The number of aliphatic hydroxyl groups excluding tert-OH is 1. The van der Waals surface area contributed by atoms with Crippen LogP contribution in [0.3, 0.4) is 0 Å². The van der Waals surface area contributed by atoms with Gasteiger partial charge in [0.1, 0.15) is 0 Å². The molecular weight excluding hydrogens is 292 g/mol. The number of ether oxygens (including phenoxy) is 1. The van der Waals surface area contributed by atoms with E-state index < -0.39 is 6.10 Å². The van der Waals surface area contributed by atoms with Crippen LogP contribution >= 0.6 is 0 Å². The maximum Gasteiger partial charge on any atom is 0.223 e. The molecule has 1 atom stereocenters. The van der Waals surface area contributed by atoms with Crippen LogP contribution in [0, 0.1) is 11.3 Å². The second kappa shape index (κ2) is 8.45. The molecule has 1 aliphatic heterocycles. The van der Waals surface area contributed by atoms with Gasteiger partial charge in [-0.25, -0.2) is 0 Å². The van der Waals surface area contributed by atoms with Crippen LogP contribution in [0.2, 0.25) is 0 Å². The van der Waals surface area contributed by atoms with E-state index in [-0.39, 0.29) is 11.8 Å². The molecule has 23 heavy (non-hydrogen) atoms. The van der Waals surface area contributed by atoms with Crippen molar-refractivity contribution in [1.29, 1.82) is 0 Å². The minimum atomic E-state index is -0.420. The minimum Gasteiger partial charge on any atom is -0.389 e. The third-order valence-corrected chi connectivity index (χ3v) is 5.47. The lowest BCUT2D eigenvalue weighted by molar-refractivity contribution is -0.127. The first kappa shape index (κ1) is 18.7. The lowest BCUT2D eigenvalue weighted by Crippen LogP contribution is -2.48. The number of amides is 1. The van der Waals surface area contributed by atoms with Gasteiger partial charge in [0.05, 0.1) is 12.7 Å². The molecule has 0 spiro atoms. The Morgan fingerprint density at radius 3 is 2.43 bits per heavy atom. The Bertz CT molecular complexity index is 368. The molecule has 5 nitrogen and oxygen atoms in total. The van der Waals surface area contributed by atoms with Crippen molar-refractivity contribution in [2.24, 2.45) is 11.3 Å². The molecule has 1 amide bonds. The number of likely N-dealkylation sites (tertiary alicyclic amines) is 1. The highest BCUT2D eigenvalue weighted by atomic mass is 16.5. The third-order valence-electron chi connectivity index (χ3n) is 5.47. The topological polar surface area (TPSA) is 61.8 Å². The van der Waals surface area contributed by atoms with Crippen molar-refractivity contribution >= 4 is 5.91 Å². The number of hydrogen-bond donors (Lipinski definition) is 2. The number of carbonyl (C=O) groups excluding carboxylic acids is 1. The summed E-state index contributed by atoms with van der Waals surface area (Å²) in [7, 11) is 1.61. The average molecular weight is 326 g/mol. The van der Waals surface area contributed by atoms with Crippen molar-refractivity contribution in [2.45, 2.75) is 64.5 Å². The zero-order valence-electron chi connectivity index (χ0n) is 15.0. The summed E-state index contributed by atoms with van der Waals surface area (Å²) >= 11 is 0. The molecule has 134 valence electrons. The zero-order chi connectivity index (χ0) is 16.9. The molecule has 2 rings (SSSR count).